The normalized spacial score (nSPS) is 10.1. The first-order valence-corrected chi connectivity index (χ1v) is 4.23. The van der Waals surface area contributed by atoms with Gasteiger partial charge in [-0.3, -0.25) is 0 Å². The molecule has 0 unspecified atom stereocenters. The molecule has 0 saturated heterocycles. The summed E-state index contributed by atoms with van der Waals surface area (Å²) >= 11 is 0. The van der Waals surface area contributed by atoms with Crippen LogP contribution in [0.15, 0.2) is 22.6 Å². The lowest BCUT2D eigenvalue weighted by molar-refractivity contribution is 0.415. The number of methoxy groups -OCH3 is 1. The van der Waals surface area contributed by atoms with E-state index in [4.69, 9.17) is 14.4 Å². The van der Waals surface area contributed by atoms with Crippen LogP contribution < -0.4 is 4.74 Å². The van der Waals surface area contributed by atoms with Gasteiger partial charge < -0.3 is 9.15 Å². The Hall–Kier alpha value is -1.95. The first-order valence-electron chi connectivity index (χ1n) is 4.23. The van der Waals surface area contributed by atoms with E-state index in [1.54, 1.807) is 7.11 Å². The fourth-order valence-corrected chi connectivity index (χ4v) is 1.43. The topological polar surface area (TPSA) is 46.2 Å². The largest absolute Gasteiger partial charge is 0.497 e. The predicted octanol–water partition coefficient (Wildman–Crippen LogP) is 2.62. The maximum absolute atomic E-state index is 8.77. The number of ether oxygens (including phenoxy) is 1. The molecule has 0 fully saturated rings. The second-order valence-electron chi connectivity index (χ2n) is 3.03. The van der Waals surface area contributed by atoms with Gasteiger partial charge in [0, 0.05) is 10.9 Å². The van der Waals surface area contributed by atoms with E-state index in [-0.39, 0.29) is 0 Å². The Labute approximate surface area is 81.5 Å². The number of aryl methyl sites for hydroxylation is 1. The lowest BCUT2D eigenvalue weighted by Gasteiger charge is -1.97. The minimum absolute atomic E-state index is 0.369. The van der Waals surface area contributed by atoms with Crippen molar-refractivity contribution in [2.24, 2.45) is 0 Å². The highest BCUT2D eigenvalue weighted by Gasteiger charge is 2.09. The zero-order valence-corrected chi connectivity index (χ0v) is 8.00. The Morgan fingerprint density at radius 3 is 2.86 bits per heavy atom. The molecule has 0 aliphatic heterocycles. The lowest BCUT2D eigenvalue weighted by Crippen LogP contribution is -1.81. The van der Waals surface area contributed by atoms with Crippen molar-refractivity contribution in [1.82, 2.24) is 0 Å². The van der Waals surface area contributed by atoms with Crippen LogP contribution in [-0.2, 0) is 0 Å². The number of rotatable bonds is 1. The van der Waals surface area contributed by atoms with Gasteiger partial charge in [-0.05, 0) is 25.1 Å². The Morgan fingerprint density at radius 2 is 2.21 bits per heavy atom. The van der Waals surface area contributed by atoms with Crippen molar-refractivity contribution < 1.29 is 9.15 Å². The van der Waals surface area contributed by atoms with Crippen LogP contribution in [0, 0.1) is 18.3 Å². The van der Waals surface area contributed by atoms with Crippen LogP contribution in [0.5, 0.6) is 5.75 Å². The molecule has 0 atom stereocenters. The lowest BCUT2D eigenvalue weighted by atomic mass is 10.1. The third kappa shape index (κ3) is 1.12. The fourth-order valence-electron chi connectivity index (χ4n) is 1.43. The molecule has 1 heterocycles. The van der Waals surface area contributed by atoms with Crippen molar-refractivity contribution in [2.45, 2.75) is 6.92 Å². The van der Waals surface area contributed by atoms with E-state index in [9.17, 15) is 0 Å². The summed E-state index contributed by atoms with van der Waals surface area (Å²) in [5, 5.41) is 9.70. The standard InChI is InChI=1S/C11H9NO2/c1-7-9-5-8(13-2)3-4-10(9)14-11(7)6-12/h3-5H,1-2H3. The highest BCUT2D eigenvalue weighted by molar-refractivity contribution is 5.84. The molecule has 0 saturated carbocycles. The van der Waals surface area contributed by atoms with E-state index in [2.05, 4.69) is 0 Å². The number of benzene rings is 1. The van der Waals surface area contributed by atoms with Crippen molar-refractivity contribution in [3.8, 4) is 11.8 Å². The highest BCUT2D eigenvalue weighted by atomic mass is 16.5. The van der Waals surface area contributed by atoms with Gasteiger partial charge in [-0.2, -0.15) is 5.26 Å². The van der Waals surface area contributed by atoms with Crippen LogP contribution in [0.25, 0.3) is 11.0 Å². The van der Waals surface area contributed by atoms with E-state index in [0.717, 1.165) is 22.3 Å². The first-order chi connectivity index (χ1) is 6.76. The van der Waals surface area contributed by atoms with Gasteiger partial charge in [0.05, 0.1) is 7.11 Å². The summed E-state index contributed by atoms with van der Waals surface area (Å²) in [5.74, 6) is 1.14. The zero-order chi connectivity index (χ0) is 10.1. The quantitative estimate of drug-likeness (QED) is 0.689. The number of hydrogen-bond donors (Lipinski definition) is 0. The van der Waals surface area contributed by atoms with Gasteiger partial charge in [0.1, 0.15) is 17.4 Å². The Morgan fingerprint density at radius 1 is 1.43 bits per heavy atom. The third-order valence-electron chi connectivity index (χ3n) is 2.24. The van der Waals surface area contributed by atoms with E-state index < -0.39 is 0 Å². The molecule has 0 radical (unpaired) electrons. The van der Waals surface area contributed by atoms with Crippen LogP contribution >= 0.6 is 0 Å². The molecule has 1 aromatic carbocycles. The number of furan rings is 1. The van der Waals surface area contributed by atoms with Gasteiger partial charge in [-0.25, -0.2) is 0 Å². The molecule has 0 aliphatic rings. The Balaban J connectivity index is 2.76. The molecule has 0 N–H and O–H groups in total. The summed E-state index contributed by atoms with van der Waals surface area (Å²) in [6.45, 7) is 1.86. The smallest absolute Gasteiger partial charge is 0.207 e. The van der Waals surface area contributed by atoms with Crippen LogP contribution in [0.1, 0.15) is 11.3 Å². The van der Waals surface area contributed by atoms with Crippen molar-refractivity contribution in [3.63, 3.8) is 0 Å². The first kappa shape index (κ1) is 8.64. The highest BCUT2D eigenvalue weighted by Crippen LogP contribution is 2.27. The Bertz CT molecular complexity index is 520. The number of nitriles is 1. The van der Waals surface area contributed by atoms with E-state index >= 15 is 0 Å². The maximum atomic E-state index is 8.77. The molecular formula is C11H9NO2. The van der Waals surface area contributed by atoms with Crippen molar-refractivity contribution >= 4 is 11.0 Å². The van der Waals surface area contributed by atoms with Crippen LogP contribution in [-0.4, -0.2) is 7.11 Å². The van der Waals surface area contributed by atoms with E-state index in [1.165, 1.54) is 0 Å². The molecule has 70 valence electrons. The van der Waals surface area contributed by atoms with Gasteiger partial charge in [0.15, 0.2) is 0 Å². The second-order valence-corrected chi connectivity index (χ2v) is 3.03. The number of hydrogen-bond acceptors (Lipinski definition) is 3. The van der Waals surface area contributed by atoms with E-state index in [0.29, 0.717) is 5.76 Å². The van der Waals surface area contributed by atoms with Gasteiger partial charge in [-0.1, -0.05) is 0 Å². The monoisotopic (exact) mass is 187 g/mol. The summed E-state index contributed by atoms with van der Waals surface area (Å²) in [6, 6.07) is 7.50. The Kier molecular flexibility index (Phi) is 1.90. The average Bonchev–Trinajstić information content (AvgIpc) is 2.55. The molecule has 3 heteroatoms. The van der Waals surface area contributed by atoms with Gasteiger partial charge in [0.25, 0.3) is 0 Å². The minimum atomic E-state index is 0.369. The van der Waals surface area contributed by atoms with Crippen LogP contribution in [0.2, 0.25) is 0 Å². The number of fused-ring (bicyclic) bond motifs is 1. The van der Waals surface area contributed by atoms with Crippen LogP contribution in [0.3, 0.4) is 0 Å². The number of nitrogens with zero attached hydrogens (tertiary/aromatic N) is 1. The minimum Gasteiger partial charge on any atom is -0.497 e. The van der Waals surface area contributed by atoms with Crippen LogP contribution in [0.4, 0.5) is 0 Å². The molecule has 0 aliphatic carbocycles. The maximum Gasteiger partial charge on any atom is 0.207 e. The molecule has 0 bridgehead atoms. The van der Waals surface area contributed by atoms with Crippen molar-refractivity contribution in [1.29, 1.82) is 5.26 Å². The predicted molar refractivity (Wildman–Crippen MR) is 52.2 cm³/mol. The van der Waals surface area contributed by atoms with Gasteiger partial charge in [0.2, 0.25) is 5.76 Å². The molecule has 0 spiro atoms. The van der Waals surface area contributed by atoms with Gasteiger partial charge >= 0.3 is 0 Å². The summed E-state index contributed by atoms with van der Waals surface area (Å²) in [6.07, 6.45) is 0. The van der Waals surface area contributed by atoms with Crippen molar-refractivity contribution in [2.75, 3.05) is 7.11 Å². The fraction of sp³-hybridized carbons (Fsp3) is 0.182. The van der Waals surface area contributed by atoms with Crippen molar-refractivity contribution in [3.05, 3.63) is 29.5 Å². The SMILES string of the molecule is COc1ccc2oc(C#N)c(C)c2c1. The summed E-state index contributed by atoms with van der Waals surface area (Å²) in [5.41, 5.74) is 1.58. The summed E-state index contributed by atoms with van der Waals surface area (Å²) < 4.78 is 10.4. The van der Waals surface area contributed by atoms with Gasteiger partial charge in [-0.15, -0.1) is 0 Å². The average molecular weight is 187 g/mol. The molecule has 3 nitrogen and oxygen atoms in total. The molecular weight excluding hydrogens is 178 g/mol. The molecule has 2 rings (SSSR count). The zero-order valence-electron chi connectivity index (χ0n) is 8.00. The summed E-state index contributed by atoms with van der Waals surface area (Å²) in [4.78, 5) is 0. The van der Waals surface area contributed by atoms with E-state index in [1.807, 2.05) is 31.2 Å². The molecule has 1 aromatic heterocycles. The molecule has 14 heavy (non-hydrogen) atoms. The molecule has 2 aromatic rings. The third-order valence-corrected chi connectivity index (χ3v) is 2.24. The second kappa shape index (κ2) is 3.08. The molecule has 0 amide bonds. The summed E-state index contributed by atoms with van der Waals surface area (Å²) in [7, 11) is 1.61.